The van der Waals surface area contributed by atoms with Crippen LogP contribution in [-0.2, 0) is 11.2 Å². The number of carbonyl (C=O) groups is 2. The highest BCUT2D eigenvalue weighted by atomic mass is 16.2. The molecule has 4 rings (SSSR count). The molecular weight excluding hydrogens is 490 g/mol. The van der Waals surface area contributed by atoms with Crippen molar-refractivity contribution in [1.29, 1.82) is 0 Å². The highest BCUT2D eigenvalue weighted by Crippen LogP contribution is 2.29. The van der Waals surface area contributed by atoms with Crippen LogP contribution in [-0.4, -0.2) is 56.7 Å². The molecule has 9 nitrogen and oxygen atoms in total. The molecule has 1 aromatic carbocycles. The number of nitrogens with zero attached hydrogens (tertiary/aromatic N) is 5. The van der Waals surface area contributed by atoms with Crippen molar-refractivity contribution in [2.45, 2.75) is 39.7 Å². The number of nitrogens with one attached hydrogen (secondary N) is 2. The molecule has 0 spiro atoms. The van der Waals surface area contributed by atoms with E-state index in [1.807, 2.05) is 73.8 Å². The molecule has 0 bridgehead atoms. The van der Waals surface area contributed by atoms with E-state index in [-0.39, 0.29) is 17.9 Å². The second kappa shape index (κ2) is 12.4. The fraction of sp³-hybridized carbons (Fsp3) is 0.300. The number of imidazole rings is 1. The SMILES string of the molecule is CCCc1ccnc(NC(=O)c2ccc(-c3nc(C(C)NC(=O)/C=C/CN(C)C)n4ccnc(C)c34)cc2)c1. The maximum absolute atomic E-state index is 12.9. The van der Waals surface area contributed by atoms with Gasteiger partial charge in [-0.2, -0.15) is 0 Å². The molecule has 2 N–H and O–H groups in total. The smallest absolute Gasteiger partial charge is 0.256 e. The van der Waals surface area contributed by atoms with Gasteiger partial charge in [0.2, 0.25) is 5.91 Å². The molecule has 1 unspecified atom stereocenters. The number of hydrogen-bond donors (Lipinski definition) is 2. The lowest BCUT2D eigenvalue weighted by molar-refractivity contribution is -0.117. The fourth-order valence-corrected chi connectivity index (χ4v) is 4.38. The number of hydrogen-bond acceptors (Lipinski definition) is 6. The molecule has 202 valence electrons. The number of anilines is 1. The molecule has 0 aliphatic heterocycles. The van der Waals surface area contributed by atoms with Crippen LogP contribution in [0.2, 0.25) is 0 Å². The largest absolute Gasteiger partial charge is 0.343 e. The van der Waals surface area contributed by atoms with Crippen LogP contribution in [0.15, 0.2) is 67.1 Å². The van der Waals surface area contributed by atoms with Crippen molar-refractivity contribution in [2.75, 3.05) is 26.0 Å². The molecule has 3 heterocycles. The summed E-state index contributed by atoms with van der Waals surface area (Å²) in [4.78, 5) is 41.0. The first-order valence-electron chi connectivity index (χ1n) is 13.1. The zero-order valence-electron chi connectivity index (χ0n) is 23.1. The number of rotatable bonds is 10. The van der Waals surface area contributed by atoms with Crippen LogP contribution < -0.4 is 10.6 Å². The van der Waals surface area contributed by atoms with Gasteiger partial charge in [0.05, 0.1) is 22.9 Å². The number of benzene rings is 1. The van der Waals surface area contributed by atoms with Crippen molar-refractivity contribution in [1.82, 2.24) is 29.6 Å². The first-order chi connectivity index (χ1) is 18.8. The van der Waals surface area contributed by atoms with Crippen LogP contribution in [0.3, 0.4) is 0 Å². The Morgan fingerprint density at radius 2 is 1.87 bits per heavy atom. The summed E-state index contributed by atoms with van der Waals surface area (Å²) < 4.78 is 1.96. The molecule has 0 fully saturated rings. The van der Waals surface area contributed by atoms with E-state index in [0.29, 0.717) is 23.8 Å². The molecule has 0 aliphatic rings. The summed E-state index contributed by atoms with van der Waals surface area (Å²) >= 11 is 0. The van der Waals surface area contributed by atoms with Gasteiger partial charge in [-0.1, -0.05) is 31.6 Å². The van der Waals surface area contributed by atoms with Gasteiger partial charge in [0.15, 0.2) is 0 Å². The zero-order chi connectivity index (χ0) is 27.9. The molecular formula is C30H35N7O2. The van der Waals surface area contributed by atoms with Gasteiger partial charge in [-0.3, -0.25) is 19.0 Å². The number of fused-ring (bicyclic) bond motifs is 1. The third kappa shape index (κ3) is 6.74. The maximum atomic E-state index is 12.9. The molecule has 1 atom stereocenters. The Labute approximate surface area is 229 Å². The second-order valence-corrected chi connectivity index (χ2v) is 9.78. The number of likely N-dealkylation sites (N-methyl/N-ethyl adjacent to an activating group) is 1. The third-order valence-corrected chi connectivity index (χ3v) is 6.28. The maximum Gasteiger partial charge on any atom is 0.256 e. The van der Waals surface area contributed by atoms with Gasteiger partial charge in [-0.15, -0.1) is 0 Å². The molecule has 9 heteroatoms. The quantitative estimate of drug-likeness (QED) is 0.293. The Hall–Kier alpha value is -4.37. The highest BCUT2D eigenvalue weighted by molar-refractivity contribution is 6.04. The van der Waals surface area contributed by atoms with Crippen molar-refractivity contribution in [2.24, 2.45) is 0 Å². The van der Waals surface area contributed by atoms with Crippen molar-refractivity contribution < 1.29 is 9.59 Å². The zero-order valence-corrected chi connectivity index (χ0v) is 23.1. The molecule has 0 radical (unpaired) electrons. The van der Waals surface area contributed by atoms with Crippen molar-refractivity contribution in [3.8, 4) is 11.3 Å². The van der Waals surface area contributed by atoms with Crippen LogP contribution in [0, 0.1) is 6.92 Å². The number of carbonyl (C=O) groups excluding carboxylic acids is 2. The molecule has 3 aromatic heterocycles. The van der Waals surface area contributed by atoms with Gasteiger partial charge < -0.3 is 15.5 Å². The Morgan fingerprint density at radius 3 is 2.59 bits per heavy atom. The lowest BCUT2D eigenvalue weighted by atomic mass is 10.1. The van der Waals surface area contributed by atoms with Gasteiger partial charge in [0.25, 0.3) is 5.91 Å². The van der Waals surface area contributed by atoms with Crippen LogP contribution in [0.4, 0.5) is 5.82 Å². The Morgan fingerprint density at radius 1 is 1.10 bits per heavy atom. The fourth-order valence-electron chi connectivity index (χ4n) is 4.38. The van der Waals surface area contributed by atoms with E-state index >= 15 is 0 Å². The summed E-state index contributed by atoms with van der Waals surface area (Å²) in [5.74, 6) is 0.821. The minimum Gasteiger partial charge on any atom is -0.343 e. The van der Waals surface area contributed by atoms with E-state index in [2.05, 4.69) is 27.5 Å². The lowest BCUT2D eigenvalue weighted by Crippen LogP contribution is -2.26. The monoisotopic (exact) mass is 525 g/mol. The van der Waals surface area contributed by atoms with E-state index in [1.54, 1.807) is 30.6 Å². The highest BCUT2D eigenvalue weighted by Gasteiger charge is 2.20. The van der Waals surface area contributed by atoms with Gasteiger partial charge >= 0.3 is 0 Å². The predicted molar refractivity (Wildman–Crippen MR) is 154 cm³/mol. The summed E-state index contributed by atoms with van der Waals surface area (Å²) in [7, 11) is 3.89. The summed E-state index contributed by atoms with van der Waals surface area (Å²) in [6.07, 6.45) is 10.6. The number of aryl methyl sites for hydroxylation is 2. The van der Waals surface area contributed by atoms with Crippen LogP contribution in [0.1, 0.15) is 53.7 Å². The van der Waals surface area contributed by atoms with Gasteiger partial charge in [0.1, 0.15) is 11.6 Å². The van der Waals surface area contributed by atoms with E-state index in [0.717, 1.165) is 40.9 Å². The van der Waals surface area contributed by atoms with Crippen LogP contribution in [0.25, 0.3) is 16.8 Å². The normalized spacial score (nSPS) is 12.3. The summed E-state index contributed by atoms with van der Waals surface area (Å²) in [6, 6.07) is 10.8. The third-order valence-electron chi connectivity index (χ3n) is 6.28. The van der Waals surface area contributed by atoms with E-state index in [9.17, 15) is 9.59 Å². The standard InChI is InChI=1S/C30H35N7O2/c1-6-8-22-14-15-32-25(19-22)34-30(39)24-12-10-23(11-13-24)27-28-20(2)31-16-18-37(28)29(35-27)21(3)33-26(38)9-7-17-36(4)5/h7,9-16,18-19,21H,6,8,17H2,1-5H3,(H,33,38)(H,32,34,39)/b9-7+. The second-order valence-electron chi connectivity index (χ2n) is 9.78. The Balaban J connectivity index is 1.57. The topological polar surface area (TPSA) is 105 Å². The average Bonchev–Trinajstić information content (AvgIpc) is 3.30. The first kappa shape index (κ1) is 27.7. The van der Waals surface area contributed by atoms with E-state index < -0.39 is 0 Å². The summed E-state index contributed by atoms with van der Waals surface area (Å²) in [5, 5.41) is 5.88. The predicted octanol–water partition coefficient (Wildman–Crippen LogP) is 4.60. The first-order valence-corrected chi connectivity index (χ1v) is 13.1. The number of amides is 2. The van der Waals surface area contributed by atoms with Gasteiger partial charge in [0, 0.05) is 42.3 Å². The molecule has 39 heavy (non-hydrogen) atoms. The number of aromatic nitrogens is 4. The molecule has 0 saturated heterocycles. The van der Waals surface area contributed by atoms with Crippen molar-refractivity contribution >= 4 is 23.1 Å². The average molecular weight is 526 g/mol. The molecule has 2 amide bonds. The lowest BCUT2D eigenvalue weighted by Gasteiger charge is -2.12. The van der Waals surface area contributed by atoms with Crippen LogP contribution in [0.5, 0.6) is 0 Å². The Kier molecular flexibility index (Phi) is 8.83. The molecule has 4 aromatic rings. The van der Waals surface area contributed by atoms with E-state index in [4.69, 9.17) is 4.98 Å². The minimum absolute atomic E-state index is 0.182. The number of pyridine rings is 1. The van der Waals surface area contributed by atoms with Crippen molar-refractivity contribution in [3.63, 3.8) is 0 Å². The van der Waals surface area contributed by atoms with Gasteiger partial charge in [-0.25, -0.2) is 9.97 Å². The Bertz CT molecular complexity index is 1490. The van der Waals surface area contributed by atoms with Gasteiger partial charge in [-0.05, 0) is 64.2 Å². The van der Waals surface area contributed by atoms with Crippen molar-refractivity contribution in [3.05, 3.63) is 89.8 Å². The summed E-state index contributed by atoms with van der Waals surface area (Å²) in [5.41, 5.74) is 4.91. The molecule has 0 aliphatic carbocycles. The summed E-state index contributed by atoms with van der Waals surface area (Å²) in [6.45, 7) is 6.63. The van der Waals surface area contributed by atoms with Crippen LogP contribution >= 0.6 is 0 Å². The minimum atomic E-state index is -0.342. The molecule has 0 saturated carbocycles. The van der Waals surface area contributed by atoms with E-state index in [1.165, 1.54) is 0 Å².